The highest BCUT2D eigenvalue weighted by molar-refractivity contribution is 6.03. The highest BCUT2D eigenvalue weighted by Crippen LogP contribution is 2.26. The van der Waals surface area contributed by atoms with E-state index in [-0.39, 0.29) is 5.56 Å². The maximum absolute atomic E-state index is 12.7. The minimum Gasteiger partial charge on any atom is -0.497 e. The van der Waals surface area contributed by atoms with Crippen molar-refractivity contribution in [3.8, 4) is 5.75 Å². The predicted molar refractivity (Wildman–Crippen MR) is 110 cm³/mol. The van der Waals surface area contributed by atoms with E-state index in [2.05, 4.69) is 15.6 Å². The van der Waals surface area contributed by atoms with Crippen LogP contribution in [0.4, 0.5) is 11.6 Å². The van der Waals surface area contributed by atoms with Crippen molar-refractivity contribution in [1.82, 2.24) is 9.55 Å². The SMILES string of the molecule is COc1ccc(NC2=NC(c3cccc(C)c3)n3c(nc(C)cc3=O)N2)cc1. The second kappa shape index (κ2) is 7.19. The van der Waals surface area contributed by atoms with Crippen molar-refractivity contribution in [3.05, 3.63) is 81.8 Å². The molecular weight excluding hydrogens is 354 g/mol. The third-order valence-electron chi connectivity index (χ3n) is 4.50. The number of nitrogens with one attached hydrogen (secondary N) is 2. The molecule has 28 heavy (non-hydrogen) atoms. The maximum Gasteiger partial charge on any atom is 0.257 e. The lowest BCUT2D eigenvalue weighted by atomic mass is 10.1. The molecule has 0 spiro atoms. The van der Waals surface area contributed by atoms with E-state index in [1.807, 2.05) is 55.5 Å². The van der Waals surface area contributed by atoms with Gasteiger partial charge in [0.05, 0.1) is 7.11 Å². The van der Waals surface area contributed by atoms with Gasteiger partial charge in [0.25, 0.3) is 5.56 Å². The van der Waals surface area contributed by atoms with Gasteiger partial charge in [-0.2, -0.15) is 0 Å². The fraction of sp³-hybridized carbons (Fsp3) is 0.190. The zero-order chi connectivity index (χ0) is 19.7. The second-order valence-corrected chi connectivity index (χ2v) is 6.67. The molecule has 142 valence electrons. The number of aliphatic imine (C=N–C) groups is 1. The molecule has 2 heterocycles. The Kier molecular flexibility index (Phi) is 4.57. The Morgan fingerprint density at radius 2 is 1.89 bits per heavy atom. The van der Waals surface area contributed by atoms with Crippen LogP contribution < -0.4 is 20.9 Å². The lowest BCUT2D eigenvalue weighted by Gasteiger charge is -2.27. The third-order valence-corrected chi connectivity index (χ3v) is 4.50. The van der Waals surface area contributed by atoms with E-state index in [0.717, 1.165) is 22.6 Å². The average Bonchev–Trinajstić information content (AvgIpc) is 2.67. The van der Waals surface area contributed by atoms with Crippen molar-refractivity contribution in [2.24, 2.45) is 4.99 Å². The number of hydrogen-bond acceptors (Lipinski definition) is 6. The molecular formula is C21H21N5O2. The van der Waals surface area contributed by atoms with Gasteiger partial charge in [-0.15, -0.1) is 0 Å². The monoisotopic (exact) mass is 375 g/mol. The summed E-state index contributed by atoms with van der Waals surface area (Å²) in [7, 11) is 1.63. The van der Waals surface area contributed by atoms with Gasteiger partial charge >= 0.3 is 0 Å². The van der Waals surface area contributed by atoms with Crippen molar-refractivity contribution < 1.29 is 4.74 Å². The Morgan fingerprint density at radius 3 is 2.61 bits per heavy atom. The summed E-state index contributed by atoms with van der Waals surface area (Å²) in [6, 6.07) is 17.0. The molecule has 1 unspecified atom stereocenters. The van der Waals surface area contributed by atoms with Gasteiger partial charge in [0.15, 0.2) is 6.17 Å². The molecule has 1 aromatic heterocycles. The second-order valence-electron chi connectivity index (χ2n) is 6.67. The topological polar surface area (TPSA) is 80.5 Å². The van der Waals surface area contributed by atoms with E-state index in [9.17, 15) is 4.79 Å². The van der Waals surface area contributed by atoms with Crippen LogP contribution in [0.5, 0.6) is 5.75 Å². The molecule has 0 amide bonds. The van der Waals surface area contributed by atoms with Gasteiger partial charge in [-0.3, -0.25) is 14.7 Å². The number of nitrogens with zero attached hydrogens (tertiary/aromatic N) is 3. The molecule has 0 fully saturated rings. The molecule has 0 bridgehead atoms. The molecule has 7 heteroatoms. The van der Waals surface area contributed by atoms with Crippen LogP contribution in [-0.4, -0.2) is 22.6 Å². The van der Waals surface area contributed by atoms with Gasteiger partial charge in [-0.1, -0.05) is 29.8 Å². The number of fused-ring (bicyclic) bond motifs is 1. The van der Waals surface area contributed by atoms with Gasteiger partial charge in [0.2, 0.25) is 11.9 Å². The van der Waals surface area contributed by atoms with E-state index in [4.69, 9.17) is 9.73 Å². The zero-order valence-corrected chi connectivity index (χ0v) is 15.9. The molecule has 1 aliphatic heterocycles. The highest BCUT2D eigenvalue weighted by atomic mass is 16.5. The largest absolute Gasteiger partial charge is 0.497 e. The molecule has 0 saturated heterocycles. The number of rotatable bonds is 3. The van der Waals surface area contributed by atoms with E-state index in [1.54, 1.807) is 18.6 Å². The lowest BCUT2D eigenvalue weighted by Crippen LogP contribution is -2.37. The summed E-state index contributed by atoms with van der Waals surface area (Å²) in [6.07, 6.45) is -0.502. The van der Waals surface area contributed by atoms with Crippen LogP contribution in [0.2, 0.25) is 0 Å². The number of guanidine groups is 1. The maximum atomic E-state index is 12.7. The fourth-order valence-electron chi connectivity index (χ4n) is 3.18. The highest BCUT2D eigenvalue weighted by Gasteiger charge is 2.25. The van der Waals surface area contributed by atoms with Crippen molar-refractivity contribution >= 4 is 17.6 Å². The van der Waals surface area contributed by atoms with E-state index < -0.39 is 6.17 Å². The number of ether oxygens (including phenoxy) is 1. The Balaban J connectivity index is 1.76. The molecule has 0 radical (unpaired) electrons. The zero-order valence-electron chi connectivity index (χ0n) is 15.9. The van der Waals surface area contributed by atoms with Crippen LogP contribution >= 0.6 is 0 Å². The van der Waals surface area contributed by atoms with E-state index in [0.29, 0.717) is 17.6 Å². The van der Waals surface area contributed by atoms with Crippen LogP contribution in [0, 0.1) is 13.8 Å². The normalized spacial score (nSPS) is 15.2. The Bertz CT molecular complexity index is 1100. The van der Waals surface area contributed by atoms with Crippen molar-refractivity contribution in [2.45, 2.75) is 20.0 Å². The van der Waals surface area contributed by atoms with Crippen LogP contribution in [0.15, 0.2) is 64.4 Å². The van der Waals surface area contributed by atoms with Gasteiger partial charge in [-0.25, -0.2) is 9.98 Å². The first kappa shape index (κ1) is 17.8. The number of benzene rings is 2. The average molecular weight is 375 g/mol. The molecule has 1 atom stereocenters. The predicted octanol–water partition coefficient (Wildman–Crippen LogP) is 3.31. The van der Waals surface area contributed by atoms with Crippen molar-refractivity contribution in [3.63, 3.8) is 0 Å². The number of aromatic nitrogens is 2. The summed E-state index contributed by atoms with van der Waals surface area (Å²) in [4.78, 5) is 21.9. The summed E-state index contributed by atoms with van der Waals surface area (Å²) in [5.41, 5.74) is 3.37. The summed E-state index contributed by atoms with van der Waals surface area (Å²) in [5, 5.41) is 6.38. The molecule has 7 nitrogen and oxygen atoms in total. The molecule has 3 aromatic rings. The van der Waals surface area contributed by atoms with Gasteiger partial charge in [0, 0.05) is 17.4 Å². The van der Waals surface area contributed by atoms with Crippen LogP contribution in [-0.2, 0) is 0 Å². The number of anilines is 2. The van der Waals surface area contributed by atoms with Gasteiger partial charge < -0.3 is 10.1 Å². The lowest BCUT2D eigenvalue weighted by molar-refractivity contribution is 0.415. The fourth-order valence-corrected chi connectivity index (χ4v) is 3.18. The molecule has 1 aliphatic rings. The first-order valence-electron chi connectivity index (χ1n) is 8.96. The van der Waals surface area contributed by atoms with Crippen LogP contribution in [0.3, 0.4) is 0 Å². The smallest absolute Gasteiger partial charge is 0.257 e. The Hall–Kier alpha value is -3.61. The summed E-state index contributed by atoms with van der Waals surface area (Å²) >= 11 is 0. The molecule has 2 N–H and O–H groups in total. The Labute approximate surface area is 162 Å². The van der Waals surface area contributed by atoms with Gasteiger partial charge in [-0.05, 0) is 43.7 Å². The first-order valence-corrected chi connectivity index (χ1v) is 8.96. The minimum atomic E-state index is -0.502. The van der Waals surface area contributed by atoms with E-state index in [1.165, 1.54) is 6.07 Å². The summed E-state index contributed by atoms with van der Waals surface area (Å²) < 4.78 is 6.77. The molecule has 0 saturated carbocycles. The molecule has 0 aliphatic carbocycles. The quantitative estimate of drug-likeness (QED) is 0.734. The van der Waals surface area contributed by atoms with Crippen molar-refractivity contribution in [2.75, 3.05) is 17.7 Å². The molecule has 2 aromatic carbocycles. The number of hydrogen-bond donors (Lipinski definition) is 2. The van der Waals surface area contributed by atoms with Gasteiger partial charge in [0.1, 0.15) is 5.75 Å². The van der Waals surface area contributed by atoms with E-state index >= 15 is 0 Å². The molecule has 4 rings (SSSR count). The standard InChI is InChI=1S/C21H21N5O2/c1-13-5-4-6-15(11-13)19-24-20(23-16-7-9-17(28-3)10-8-16)25-21-22-14(2)12-18(27)26(19)21/h4-12,19H,1-3H3,(H2,22,23,24,25). The first-order chi connectivity index (χ1) is 13.5. The van der Waals surface area contributed by atoms with Crippen LogP contribution in [0.1, 0.15) is 23.0 Å². The van der Waals surface area contributed by atoms with Crippen LogP contribution in [0.25, 0.3) is 0 Å². The minimum absolute atomic E-state index is 0.145. The van der Waals surface area contributed by atoms with Crippen molar-refractivity contribution in [1.29, 1.82) is 0 Å². The summed E-state index contributed by atoms with van der Waals surface area (Å²) in [5.74, 6) is 1.76. The number of methoxy groups -OCH3 is 1. The third kappa shape index (κ3) is 3.46. The summed E-state index contributed by atoms with van der Waals surface area (Å²) in [6.45, 7) is 3.82. The Morgan fingerprint density at radius 1 is 1.11 bits per heavy atom. The number of aryl methyl sites for hydroxylation is 2.